The van der Waals surface area contributed by atoms with Crippen LogP contribution in [0.4, 0.5) is 0 Å². The summed E-state index contributed by atoms with van der Waals surface area (Å²) in [5, 5.41) is 0. The lowest BCUT2D eigenvalue weighted by Crippen LogP contribution is -2.14. The smallest absolute Gasteiger partial charge is 0.344 e. The highest BCUT2D eigenvalue weighted by molar-refractivity contribution is 5.71. The number of carbonyl (C=O) groups excluding carboxylic acids is 1. The molecule has 5 nitrogen and oxygen atoms in total. The van der Waals surface area contributed by atoms with Gasteiger partial charge in [-0.05, 0) is 24.6 Å². The Labute approximate surface area is 111 Å². The average Bonchev–Trinajstić information content (AvgIpc) is 2.91. The average molecular weight is 260 g/mol. The molecule has 0 spiro atoms. The molecular formula is C14H16N2O3. The number of hydrogen-bond donors (Lipinski definition) is 1. The van der Waals surface area contributed by atoms with E-state index in [1.54, 1.807) is 19.3 Å². The molecule has 1 N–H and O–H groups in total. The van der Waals surface area contributed by atoms with Gasteiger partial charge in [-0.2, -0.15) is 0 Å². The number of aromatic nitrogens is 2. The monoisotopic (exact) mass is 260 g/mol. The molecule has 0 aliphatic carbocycles. The molecule has 0 bridgehead atoms. The quantitative estimate of drug-likeness (QED) is 0.806. The third-order valence-electron chi connectivity index (χ3n) is 2.51. The van der Waals surface area contributed by atoms with Crippen LogP contribution in [0.15, 0.2) is 36.7 Å². The number of imidazole rings is 1. The lowest BCUT2D eigenvalue weighted by Gasteiger charge is -2.06. The number of carbonyl (C=O) groups is 1. The molecule has 0 saturated carbocycles. The number of nitrogens with zero attached hydrogens (tertiary/aromatic N) is 1. The molecule has 1 aromatic heterocycles. The Balaban J connectivity index is 1.86. The van der Waals surface area contributed by atoms with Crippen LogP contribution in [0.2, 0.25) is 0 Å². The van der Waals surface area contributed by atoms with Crippen LogP contribution in [0, 0.1) is 0 Å². The lowest BCUT2D eigenvalue weighted by molar-refractivity contribution is -0.145. The van der Waals surface area contributed by atoms with Crippen molar-refractivity contribution in [1.82, 2.24) is 9.97 Å². The number of nitrogens with one attached hydrogen (secondary N) is 1. The van der Waals surface area contributed by atoms with E-state index >= 15 is 0 Å². The number of esters is 1. The minimum absolute atomic E-state index is 0.0641. The van der Waals surface area contributed by atoms with E-state index in [1.807, 2.05) is 24.3 Å². The summed E-state index contributed by atoms with van der Waals surface area (Å²) in [4.78, 5) is 18.4. The van der Waals surface area contributed by atoms with Crippen molar-refractivity contribution in [3.05, 3.63) is 48.0 Å². The Kier molecular flexibility index (Phi) is 4.55. The molecule has 0 atom stereocenters. The molecule has 0 aliphatic rings. The molecule has 19 heavy (non-hydrogen) atoms. The van der Waals surface area contributed by atoms with E-state index in [-0.39, 0.29) is 12.6 Å². The van der Waals surface area contributed by atoms with Gasteiger partial charge in [-0.1, -0.05) is 12.1 Å². The highest BCUT2D eigenvalue weighted by Gasteiger charge is 2.03. The number of rotatable bonds is 6. The van der Waals surface area contributed by atoms with Crippen molar-refractivity contribution in [3.63, 3.8) is 0 Å². The van der Waals surface area contributed by atoms with Crippen LogP contribution in [-0.4, -0.2) is 29.2 Å². The Morgan fingerprint density at radius 3 is 2.74 bits per heavy atom. The van der Waals surface area contributed by atoms with Crippen molar-refractivity contribution in [2.75, 3.05) is 13.2 Å². The van der Waals surface area contributed by atoms with Gasteiger partial charge >= 0.3 is 5.97 Å². The highest BCUT2D eigenvalue weighted by atomic mass is 16.6. The Hall–Kier alpha value is -2.30. The second-order valence-corrected chi connectivity index (χ2v) is 3.95. The van der Waals surface area contributed by atoms with Crippen LogP contribution >= 0.6 is 0 Å². The maximum absolute atomic E-state index is 11.1. The molecule has 100 valence electrons. The molecule has 5 heteroatoms. The first-order valence-electron chi connectivity index (χ1n) is 6.13. The van der Waals surface area contributed by atoms with E-state index < -0.39 is 0 Å². The van der Waals surface area contributed by atoms with Gasteiger partial charge in [-0.15, -0.1) is 0 Å². The summed E-state index contributed by atoms with van der Waals surface area (Å²) in [6.07, 6.45) is 4.27. The predicted octanol–water partition coefficient (Wildman–Crippen LogP) is 1.94. The number of aromatic amines is 1. The van der Waals surface area contributed by atoms with Gasteiger partial charge < -0.3 is 14.5 Å². The van der Waals surface area contributed by atoms with Gasteiger partial charge in [0.2, 0.25) is 0 Å². The Morgan fingerprint density at radius 2 is 2.11 bits per heavy atom. The number of hydrogen-bond acceptors (Lipinski definition) is 4. The standard InChI is InChI=1S/C14H16N2O3/c1-2-18-14(17)10-19-12-5-3-11(4-6-12)9-13-15-7-8-16-13/h3-8H,2,9-10H2,1H3,(H,15,16). The van der Waals surface area contributed by atoms with Crippen molar-refractivity contribution in [2.45, 2.75) is 13.3 Å². The van der Waals surface area contributed by atoms with Crippen molar-refractivity contribution in [2.24, 2.45) is 0 Å². The van der Waals surface area contributed by atoms with Gasteiger partial charge in [-0.25, -0.2) is 9.78 Å². The fraction of sp³-hybridized carbons (Fsp3) is 0.286. The lowest BCUT2D eigenvalue weighted by atomic mass is 10.1. The van der Waals surface area contributed by atoms with Gasteiger partial charge in [0.1, 0.15) is 11.6 Å². The molecule has 1 aromatic carbocycles. The zero-order valence-corrected chi connectivity index (χ0v) is 10.8. The van der Waals surface area contributed by atoms with Crippen LogP contribution in [0.1, 0.15) is 18.3 Å². The maximum Gasteiger partial charge on any atom is 0.344 e. The molecular weight excluding hydrogens is 244 g/mol. The Bertz CT molecular complexity index is 506. The van der Waals surface area contributed by atoms with E-state index in [4.69, 9.17) is 9.47 Å². The van der Waals surface area contributed by atoms with Gasteiger partial charge in [0.05, 0.1) is 6.61 Å². The molecule has 0 aliphatic heterocycles. The number of ether oxygens (including phenoxy) is 2. The summed E-state index contributed by atoms with van der Waals surface area (Å²) >= 11 is 0. The fourth-order valence-corrected chi connectivity index (χ4v) is 1.64. The molecule has 0 radical (unpaired) electrons. The van der Waals surface area contributed by atoms with E-state index in [9.17, 15) is 4.79 Å². The minimum Gasteiger partial charge on any atom is -0.482 e. The van der Waals surface area contributed by atoms with Crippen LogP contribution in [0.3, 0.4) is 0 Å². The second kappa shape index (κ2) is 6.58. The molecule has 1 heterocycles. The predicted molar refractivity (Wildman–Crippen MR) is 70.0 cm³/mol. The molecule has 0 unspecified atom stereocenters. The van der Waals surface area contributed by atoms with Gasteiger partial charge in [0.15, 0.2) is 6.61 Å². The molecule has 0 fully saturated rings. The summed E-state index contributed by atoms with van der Waals surface area (Å²) in [5.74, 6) is 1.21. The van der Waals surface area contributed by atoms with Crippen LogP contribution in [0.25, 0.3) is 0 Å². The molecule has 0 amide bonds. The number of H-pyrrole nitrogens is 1. The van der Waals surface area contributed by atoms with E-state index in [0.29, 0.717) is 12.4 Å². The fourth-order valence-electron chi connectivity index (χ4n) is 1.64. The highest BCUT2D eigenvalue weighted by Crippen LogP contribution is 2.14. The van der Waals surface area contributed by atoms with E-state index in [2.05, 4.69) is 9.97 Å². The first-order chi connectivity index (χ1) is 9.28. The summed E-state index contributed by atoms with van der Waals surface area (Å²) in [5.41, 5.74) is 1.12. The summed E-state index contributed by atoms with van der Waals surface area (Å²) in [7, 11) is 0. The topological polar surface area (TPSA) is 64.2 Å². The van der Waals surface area contributed by atoms with Crippen molar-refractivity contribution in [1.29, 1.82) is 0 Å². The van der Waals surface area contributed by atoms with Crippen molar-refractivity contribution in [3.8, 4) is 5.75 Å². The molecule has 2 rings (SSSR count). The largest absolute Gasteiger partial charge is 0.482 e. The summed E-state index contributed by atoms with van der Waals surface area (Å²) in [6, 6.07) is 7.56. The Morgan fingerprint density at radius 1 is 1.32 bits per heavy atom. The van der Waals surface area contributed by atoms with Crippen molar-refractivity contribution >= 4 is 5.97 Å². The summed E-state index contributed by atoms with van der Waals surface area (Å²) < 4.78 is 10.1. The second-order valence-electron chi connectivity index (χ2n) is 3.95. The van der Waals surface area contributed by atoms with Crippen LogP contribution < -0.4 is 4.74 Å². The van der Waals surface area contributed by atoms with E-state index in [0.717, 1.165) is 17.8 Å². The molecule has 0 saturated heterocycles. The maximum atomic E-state index is 11.1. The van der Waals surface area contributed by atoms with Gasteiger partial charge in [0, 0.05) is 18.8 Å². The molecule has 2 aromatic rings. The zero-order chi connectivity index (χ0) is 13.5. The summed E-state index contributed by atoms with van der Waals surface area (Å²) in [6.45, 7) is 2.07. The SMILES string of the molecule is CCOC(=O)COc1ccc(Cc2ncc[nH]2)cc1. The first-order valence-corrected chi connectivity index (χ1v) is 6.13. The van der Waals surface area contributed by atoms with Gasteiger partial charge in [-0.3, -0.25) is 0 Å². The van der Waals surface area contributed by atoms with E-state index in [1.165, 1.54) is 0 Å². The minimum atomic E-state index is -0.359. The first kappa shape index (κ1) is 13.1. The van der Waals surface area contributed by atoms with Gasteiger partial charge in [0.25, 0.3) is 0 Å². The van der Waals surface area contributed by atoms with Crippen molar-refractivity contribution < 1.29 is 14.3 Å². The number of benzene rings is 1. The third-order valence-corrected chi connectivity index (χ3v) is 2.51. The normalized spacial score (nSPS) is 10.2. The third kappa shape index (κ3) is 4.13. The van der Waals surface area contributed by atoms with Crippen LogP contribution in [0.5, 0.6) is 5.75 Å². The van der Waals surface area contributed by atoms with Crippen LogP contribution in [-0.2, 0) is 16.0 Å². The zero-order valence-electron chi connectivity index (χ0n) is 10.8.